The summed E-state index contributed by atoms with van der Waals surface area (Å²) in [6.07, 6.45) is 7.07. The molecule has 64 valence electrons. The average Bonchev–Trinajstić information content (AvgIpc) is 1.94. The number of ether oxygens (including phenoxy) is 1. The van der Waals surface area contributed by atoms with Gasteiger partial charge in [-0.3, -0.25) is 0 Å². The molecule has 1 rings (SSSR count). The van der Waals surface area contributed by atoms with Crippen molar-refractivity contribution in [3.05, 3.63) is 12.2 Å². The molecule has 1 saturated carbocycles. The first kappa shape index (κ1) is 8.75. The van der Waals surface area contributed by atoms with Gasteiger partial charge in [0.2, 0.25) is 0 Å². The van der Waals surface area contributed by atoms with Crippen LogP contribution in [0.4, 0.5) is 0 Å². The van der Waals surface area contributed by atoms with Gasteiger partial charge in [-0.1, -0.05) is 12.2 Å². The Kier molecular flexibility index (Phi) is 3.60. The van der Waals surface area contributed by atoms with Gasteiger partial charge in [-0.05, 0) is 19.8 Å². The fraction of sp³-hybridized carbons (Fsp3) is 0.778. The van der Waals surface area contributed by atoms with E-state index in [0.29, 0.717) is 12.1 Å². The second-order valence-electron chi connectivity index (χ2n) is 3.00. The molecule has 0 bridgehead atoms. The zero-order chi connectivity index (χ0) is 8.10. The van der Waals surface area contributed by atoms with Gasteiger partial charge in [0.1, 0.15) is 0 Å². The lowest BCUT2D eigenvalue weighted by Gasteiger charge is -2.34. The van der Waals surface area contributed by atoms with E-state index in [9.17, 15) is 0 Å². The lowest BCUT2D eigenvalue weighted by molar-refractivity contribution is 0.0185. The summed E-state index contributed by atoms with van der Waals surface area (Å²) in [6, 6.07) is 0.691. The van der Waals surface area contributed by atoms with Gasteiger partial charge in [0.15, 0.2) is 0 Å². The van der Waals surface area contributed by atoms with Crippen LogP contribution in [0.5, 0.6) is 0 Å². The van der Waals surface area contributed by atoms with Crippen molar-refractivity contribution in [2.45, 2.75) is 31.9 Å². The first-order valence-corrected chi connectivity index (χ1v) is 4.24. The van der Waals surface area contributed by atoms with Crippen LogP contribution < -0.4 is 5.32 Å². The summed E-state index contributed by atoms with van der Waals surface area (Å²) in [5.41, 5.74) is 0. The van der Waals surface area contributed by atoms with Crippen molar-refractivity contribution in [3.63, 3.8) is 0 Å². The van der Waals surface area contributed by atoms with Crippen LogP contribution in [-0.4, -0.2) is 25.8 Å². The number of nitrogens with one attached hydrogen (secondary N) is 1. The molecule has 0 aromatic rings. The van der Waals surface area contributed by atoms with Crippen molar-refractivity contribution in [3.8, 4) is 0 Å². The maximum atomic E-state index is 5.16. The van der Waals surface area contributed by atoms with Crippen LogP contribution in [0.3, 0.4) is 0 Å². The van der Waals surface area contributed by atoms with Crippen molar-refractivity contribution in [2.24, 2.45) is 0 Å². The number of hydrogen-bond donors (Lipinski definition) is 1. The minimum atomic E-state index is 0.512. The number of methoxy groups -OCH3 is 1. The standard InChI is InChI=1S/C9H17NO/c1-3-4-5-10-8-6-9(7-8)11-2/h3-4,8-10H,5-7H2,1-2H3/b4-3+. The van der Waals surface area contributed by atoms with E-state index < -0.39 is 0 Å². The molecule has 0 amide bonds. The predicted molar refractivity (Wildman–Crippen MR) is 46.6 cm³/mol. The fourth-order valence-corrected chi connectivity index (χ4v) is 1.28. The number of hydrogen-bond acceptors (Lipinski definition) is 2. The summed E-state index contributed by atoms with van der Waals surface area (Å²) in [7, 11) is 1.78. The van der Waals surface area contributed by atoms with E-state index in [1.54, 1.807) is 7.11 Å². The molecule has 0 saturated heterocycles. The van der Waals surface area contributed by atoms with E-state index in [1.807, 2.05) is 6.92 Å². The van der Waals surface area contributed by atoms with Crippen molar-refractivity contribution in [1.82, 2.24) is 5.32 Å². The molecule has 2 nitrogen and oxygen atoms in total. The second-order valence-corrected chi connectivity index (χ2v) is 3.00. The SMILES string of the molecule is C/C=C/CNC1CC(OC)C1. The molecular formula is C9H17NO. The monoisotopic (exact) mass is 155 g/mol. The van der Waals surface area contributed by atoms with Crippen LogP contribution in [0, 0.1) is 0 Å². The highest BCUT2D eigenvalue weighted by Crippen LogP contribution is 2.21. The summed E-state index contributed by atoms with van der Waals surface area (Å²) < 4.78 is 5.16. The Balaban J connectivity index is 1.96. The molecule has 0 unspecified atom stereocenters. The van der Waals surface area contributed by atoms with E-state index in [4.69, 9.17) is 4.74 Å². The Morgan fingerprint density at radius 3 is 2.82 bits per heavy atom. The molecule has 11 heavy (non-hydrogen) atoms. The molecule has 0 aliphatic heterocycles. The molecule has 1 fully saturated rings. The van der Waals surface area contributed by atoms with Crippen LogP contribution in [0.15, 0.2) is 12.2 Å². The van der Waals surface area contributed by atoms with Crippen molar-refractivity contribution in [1.29, 1.82) is 0 Å². The molecule has 0 aromatic heterocycles. The molecule has 1 aliphatic rings. The summed E-state index contributed by atoms with van der Waals surface area (Å²) >= 11 is 0. The highest BCUT2D eigenvalue weighted by molar-refractivity contribution is 4.89. The van der Waals surface area contributed by atoms with E-state index in [-0.39, 0.29) is 0 Å². The Hall–Kier alpha value is -0.340. The zero-order valence-electron chi connectivity index (χ0n) is 7.34. The fourth-order valence-electron chi connectivity index (χ4n) is 1.28. The predicted octanol–water partition coefficient (Wildman–Crippen LogP) is 1.33. The molecule has 0 radical (unpaired) electrons. The maximum absolute atomic E-state index is 5.16. The van der Waals surface area contributed by atoms with Crippen LogP contribution in [0.25, 0.3) is 0 Å². The van der Waals surface area contributed by atoms with Gasteiger partial charge in [0.05, 0.1) is 6.10 Å². The van der Waals surface area contributed by atoms with Gasteiger partial charge in [-0.25, -0.2) is 0 Å². The van der Waals surface area contributed by atoms with Crippen LogP contribution in [0.2, 0.25) is 0 Å². The lowest BCUT2D eigenvalue weighted by Crippen LogP contribution is -2.44. The largest absolute Gasteiger partial charge is 0.381 e. The molecule has 0 aromatic carbocycles. The minimum Gasteiger partial charge on any atom is -0.381 e. The van der Waals surface area contributed by atoms with Crippen LogP contribution in [0.1, 0.15) is 19.8 Å². The smallest absolute Gasteiger partial charge is 0.0601 e. The van der Waals surface area contributed by atoms with Gasteiger partial charge in [-0.2, -0.15) is 0 Å². The Morgan fingerprint density at radius 2 is 2.27 bits per heavy atom. The Labute approximate surface area is 68.6 Å². The van der Waals surface area contributed by atoms with E-state index in [0.717, 1.165) is 6.54 Å². The van der Waals surface area contributed by atoms with Crippen molar-refractivity contribution < 1.29 is 4.74 Å². The quantitative estimate of drug-likeness (QED) is 0.618. The van der Waals surface area contributed by atoms with E-state index >= 15 is 0 Å². The topological polar surface area (TPSA) is 21.3 Å². The highest BCUT2D eigenvalue weighted by Gasteiger charge is 2.27. The summed E-state index contributed by atoms with van der Waals surface area (Å²) in [4.78, 5) is 0. The minimum absolute atomic E-state index is 0.512. The van der Waals surface area contributed by atoms with Crippen molar-refractivity contribution >= 4 is 0 Å². The molecule has 0 spiro atoms. The average molecular weight is 155 g/mol. The number of allylic oxidation sites excluding steroid dienone is 1. The van der Waals surface area contributed by atoms with Crippen molar-refractivity contribution in [2.75, 3.05) is 13.7 Å². The normalized spacial score (nSPS) is 30.7. The molecular weight excluding hydrogens is 138 g/mol. The maximum Gasteiger partial charge on any atom is 0.0601 e. The summed E-state index contributed by atoms with van der Waals surface area (Å²) in [5, 5.41) is 3.42. The third-order valence-corrected chi connectivity index (χ3v) is 2.19. The van der Waals surface area contributed by atoms with Crippen LogP contribution >= 0.6 is 0 Å². The molecule has 0 heterocycles. The summed E-state index contributed by atoms with van der Waals surface area (Å²) in [5.74, 6) is 0. The van der Waals surface area contributed by atoms with E-state index in [1.165, 1.54) is 12.8 Å². The van der Waals surface area contributed by atoms with Gasteiger partial charge in [-0.15, -0.1) is 0 Å². The third kappa shape index (κ3) is 2.64. The molecule has 1 aliphatic carbocycles. The van der Waals surface area contributed by atoms with Crippen LogP contribution in [-0.2, 0) is 4.74 Å². The van der Waals surface area contributed by atoms with Gasteiger partial charge in [0.25, 0.3) is 0 Å². The number of rotatable bonds is 4. The second kappa shape index (κ2) is 4.52. The Bertz CT molecular complexity index is 128. The summed E-state index contributed by atoms with van der Waals surface area (Å²) in [6.45, 7) is 3.04. The molecule has 1 N–H and O–H groups in total. The first-order valence-electron chi connectivity index (χ1n) is 4.24. The molecule has 2 heteroatoms. The van der Waals surface area contributed by atoms with Gasteiger partial charge >= 0.3 is 0 Å². The van der Waals surface area contributed by atoms with E-state index in [2.05, 4.69) is 17.5 Å². The Morgan fingerprint density at radius 1 is 1.55 bits per heavy atom. The highest BCUT2D eigenvalue weighted by atomic mass is 16.5. The lowest BCUT2D eigenvalue weighted by atomic mass is 9.89. The molecule has 0 atom stereocenters. The van der Waals surface area contributed by atoms with Gasteiger partial charge < -0.3 is 10.1 Å². The van der Waals surface area contributed by atoms with Gasteiger partial charge in [0, 0.05) is 19.7 Å². The third-order valence-electron chi connectivity index (χ3n) is 2.19. The first-order chi connectivity index (χ1) is 5.36. The zero-order valence-corrected chi connectivity index (χ0v) is 7.34.